The highest BCUT2D eigenvalue weighted by atomic mass is 28.4. The van der Waals surface area contributed by atoms with Crippen molar-refractivity contribution in [1.82, 2.24) is 0 Å². The lowest BCUT2D eigenvalue weighted by molar-refractivity contribution is 1.13. The SMILES string of the molecule is C[Si](C)(C)C(c1c[c]([Al][CH]2C=C[CH]([Al][c]3cc(C([Si](C)(C)C)[Si](C)(C)C)cc(C([Si](C)(C)C)[Si](C)(C)C)c3)C=C2)cc(C([Si](C)(C)C)[Si](C)(C)C)c1)[Si](C)(C)C. The molecule has 3 rings (SSSR count). The largest absolute Gasteiger partial charge is 0.267 e. The molecule has 0 fully saturated rings. The third-order valence-electron chi connectivity index (χ3n) is 12.1. The second kappa shape index (κ2) is 17.8. The summed E-state index contributed by atoms with van der Waals surface area (Å²) in [6.45, 7) is 63.4. The van der Waals surface area contributed by atoms with E-state index >= 15 is 0 Å². The molecule has 0 spiro atoms. The Morgan fingerprint density at radius 2 is 0.446 bits per heavy atom. The van der Waals surface area contributed by atoms with Gasteiger partial charge in [-0.05, 0) is 20.7 Å². The summed E-state index contributed by atoms with van der Waals surface area (Å²) in [4.78, 5) is 0. The number of allylic oxidation sites excluding steroid dienone is 4. The first-order valence-electron chi connectivity index (χ1n) is 22.2. The summed E-state index contributed by atoms with van der Waals surface area (Å²) in [7, 11) is -11.4. The standard InChI is InChI=1S/2C20H41Si4.C6H6.2Al/c2*1-21(2,3)19(22(4,5)6)17-14-13-15-18(16-17)20(23(7,8)9)24(10,11)12;1-2-4-6-5-3-1;;/h2*14-16,19-20H,1-12H3;1-6H;;. The molecule has 0 bridgehead atoms. The topological polar surface area (TPSA) is 0 Å². The van der Waals surface area contributed by atoms with Crippen LogP contribution in [0.5, 0.6) is 0 Å². The highest BCUT2D eigenvalue weighted by Crippen LogP contribution is 2.42. The van der Waals surface area contributed by atoms with Gasteiger partial charge in [-0.3, -0.25) is 0 Å². The lowest BCUT2D eigenvalue weighted by Gasteiger charge is -2.42. The Kier molecular flexibility index (Phi) is 16.3. The molecule has 0 saturated heterocycles. The van der Waals surface area contributed by atoms with Crippen molar-refractivity contribution in [3.8, 4) is 0 Å². The molecule has 0 N–H and O–H groups in total. The Morgan fingerprint density at radius 1 is 0.286 bits per heavy atom. The molecule has 2 radical (unpaired) electrons. The molecule has 2 aromatic carbocycles. The quantitative estimate of drug-likeness (QED) is 0.116. The van der Waals surface area contributed by atoms with Crippen LogP contribution in [0, 0.1) is 0 Å². The van der Waals surface area contributed by atoms with Gasteiger partial charge < -0.3 is 0 Å². The van der Waals surface area contributed by atoms with Crippen molar-refractivity contribution in [3.05, 3.63) is 83.0 Å². The summed E-state index contributed by atoms with van der Waals surface area (Å²) in [5.41, 5.74) is 6.88. The molecule has 1 aliphatic carbocycles. The van der Waals surface area contributed by atoms with Crippen LogP contribution in [0.4, 0.5) is 0 Å². The maximum absolute atomic E-state index is 2.77. The van der Waals surface area contributed by atoms with E-state index in [1.165, 1.54) is 0 Å². The highest BCUT2D eigenvalue weighted by Gasteiger charge is 2.44. The number of rotatable bonds is 16. The molecule has 310 valence electrons. The first-order chi connectivity index (χ1) is 24.8. The summed E-state index contributed by atoms with van der Waals surface area (Å²) in [6, 6.07) is 16.5. The minimum absolute atomic E-state index is 0.144. The predicted octanol–water partition coefficient (Wildman–Crippen LogP) is 14.1. The maximum Gasteiger partial charge on any atom is 0.267 e. The predicted molar refractivity (Wildman–Crippen MR) is 287 cm³/mol. The van der Waals surface area contributed by atoms with Crippen LogP contribution in [0.1, 0.15) is 42.9 Å². The van der Waals surface area contributed by atoms with Crippen molar-refractivity contribution in [2.75, 3.05) is 0 Å². The second-order valence-corrected chi connectivity index (χ2v) is 75.1. The Balaban J connectivity index is 2.09. The average Bonchev–Trinajstić information content (AvgIpc) is 2.87. The minimum atomic E-state index is -1.42. The monoisotopic (exact) mass is 918 g/mol. The van der Waals surface area contributed by atoms with E-state index < -0.39 is 64.6 Å². The Labute approximate surface area is 370 Å². The molecule has 2 aromatic rings. The molecule has 0 atom stereocenters. The molecule has 56 heavy (non-hydrogen) atoms. The molecule has 1 aliphatic rings. The van der Waals surface area contributed by atoms with Crippen LogP contribution in [0.25, 0.3) is 0 Å². The molecule has 0 nitrogen and oxygen atoms in total. The van der Waals surface area contributed by atoms with Gasteiger partial charge in [-0.2, -0.15) is 0 Å². The van der Waals surface area contributed by atoms with E-state index in [-0.39, 0.29) is 30.4 Å². The van der Waals surface area contributed by atoms with Gasteiger partial charge in [0.25, 0.3) is 30.4 Å². The van der Waals surface area contributed by atoms with Gasteiger partial charge in [0, 0.05) is 64.6 Å². The van der Waals surface area contributed by atoms with Gasteiger partial charge in [0.1, 0.15) is 0 Å². The molecule has 0 saturated carbocycles. The van der Waals surface area contributed by atoms with Gasteiger partial charge in [0.05, 0.1) is 0 Å². The van der Waals surface area contributed by atoms with Crippen LogP contribution >= 0.6 is 0 Å². The van der Waals surface area contributed by atoms with Crippen molar-refractivity contribution in [2.45, 2.75) is 187 Å². The third-order valence-corrected chi connectivity index (χ3v) is 52.5. The summed E-state index contributed by atoms with van der Waals surface area (Å²) in [6.07, 6.45) is 10.6. The van der Waals surface area contributed by atoms with Crippen LogP contribution in [-0.4, -0.2) is 95.0 Å². The van der Waals surface area contributed by atoms with E-state index in [1.807, 2.05) is 0 Å². The van der Waals surface area contributed by atoms with Gasteiger partial charge in [0.2, 0.25) is 0 Å². The molecular formula is C46H88Al2Si8. The van der Waals surface area contributed by atoms with Crippen molar-refractivity contribution >= 4 is 104 Å². The fourth-order valence-electron chi connectivity index (χ4n) is 12.8. The molecule has 0 amide bonds. The fourth-order valence-corrected chi connectivity index (χ4v) is 66.7. The maximum atomic E-state index is 2.77. The van der Waals surface area contributed by atoms with E-state index in [0.717, 1.165) is 20.7 Å². The minimum Gasteiger partial charge on any atom is -0.122 e. The van der Waals surface area contributed by atoms with Crippen LogP contribution in [0.15, 0.2) is 60.7 Å². The van der Waals surface area contributed by atoms with Crippen molar-refractivity contribution in [1.29, 1.82) is 0 Å². The molecule has 10 heteroatoms. The van der Waals surface area contributed by atoms with Gasteiger partial charge in [-0.25, -0.2) is 0 Å². The van der Waals surface area contributed by atoms with Gasteiger partial charge in [0.15, 0.2) is 0 Å². The zero-order valence-corrected chi connectivity index (χ0v) is 51.7. The van der Waals surface area contributed by atoms with E-state index in [4.69, 9.17) is 0 Å². The number of hydrogen-bond donors (Lipinski definition) is 0. The first-order valence-corrected chi connectivity index (χ1v) is 53.3. The zero-order chi connectivity index (χ0) is 43.4. The third kappa shape index (κ3) is 13.9. The Bertz CT molecular complexity index is 1410. The van der Waals surface area contributed by atoms with Gasteiger partial charge in [-0.15, -0.1) is 8.85 Å². The molecular weight excluding hydrogens is 831 g/mol. The van der Waals surface area contributed by atoms with E-state index in [2.05, 4.69) is 218 Å². The fraction of sp³-hybridized carbons (Fsp3) is 0.652. The van der Waals surface area contributed by atoms with E-state index in [9.17, 15) is 0 Å². The van der Waals surface area contributed by atoms with Crippen molar-refractivity contribution in [2.24, 2.45) is 0 Å². The van der Waals surface area contributed by atoms with Crippen LogP contribution < -0.4 is 8.85 Å². The lowest BCUT2D eigenvalue weighted by Crippen LogP contribution is -2.48. The van der Waals surface area contributed by atoms with Crippen LogP contribution in [0.2, 0.25) is 167 Å². The molecule has 0 aromatic heterocycles. The molecule has 0 aliphatic heterocycles. The van der Waals surface area contributed by atoms with Gasteiger partial charge >= 0.3 is 0 Å². The zero-order valence-electron chi connectivity index (χ0n) is 41.4. The van der Waals surface area contributed by atoms with Crippen LogP contribution in [0.3, 0.4) is 0 Å². The molecule has 0 unspecified atom stereocenters. The normalized spacial score (nSPS) is 18.1. The van der Waals surface area contributed by atoms with Crippen molar-refractivity contribution < 1.29 is 0 Å². The second-order valence-electron chi connectivity index (χ2n) is 26.8. The summed E-state index contributed by atoms with van der Waals surface area (Å²) in [5, 5.41) is 3.13. The Morgan fingerprint density at radius 3 is 0.589 bits per heavy atom. The number of hydrogen-bond acceptors (Lipinski definition) is 0. The number of benzene rings is 2. The van der Waals surface area contributed by atoms with E-state index in [0.29, 0.717) is 9.56 Å². The smallest absolute Gasteiger partial charge is 0.122 e. The van der Waals surface area contributed by atoms with E-state index in [1.54, 1.807) is 31.1 Å². The Hall–Kier alpha value is 0.720. The summed E-state index contributed by atoms with van der Waals surface area (Å²) < 4.78 is 4.48. The first kappa shape index (κ1) is 51.1. The van der Waals surface area contributed by atoms with Crippen molar-refractivity contribution in [3.63, 3.8) is 0 Å². The van der Waals surface area contributed by atoms with Gasteiger partial charge in [-0.1, -0.05) is 250 Å². The summed E-state index contributed by atoms with van der Waals surface area (Å²) >= 11 is 0.288. The summed E-state index contributed by atoms with van der Waals surface area (Å²) in [5.74, 6) is 0. The average molecular weight is 920 g/mol. The molecule has 0 heterocycles. The van der Waals surface area contributed by atoms with Crippen LogP contribution in [-0.2, 0) is 0 Å². The highest BCUT2D eigenvalue weighted by molar-refractivity contribution is 6.98. The lowest BCUT2D eigenvalue weighted by atomic mass is 10.1.